The van der Waals surface area contributed by atoms with Crippen molar-refractivity contribution < 1.29 is 125 Å². The maximum atomic E-state index is 12.6. The highest BCUT2D eigenvalue weighted by Crippen LogP contribution is 2.56. The first-order chi connectivity index (χ1) is 45.3. The Bertz CT molecular complexity index is 3850. The molecule has 37 heteroatoms. The number of nitrogen functional groups attached to an aromatic ring is 1. The number of amides is 2. The van der Waals surface area contributed by atoms with Gasteiger partial charge in [-0.3, -0.25) is 28.1 Å². The second-order valence-corrected chi connectivity index (χ2v) is 25.6. The van der Waals surface area contributed by atoms with Crippen LogP contribution in [-0.4, -0.2) is 162 Å². The van der Waals surface area contributed by atoms with E-state index in [0.717, 1.165) is 45.7 Å². The minimum Gasteiger partial charge on any atom is -0.790 e. The second kappa shape index (κ2) is 37.2. The number of phosphoric ester groups is 3. The molecule has 1 fully saturated rings. The minimum absolute atomic E-state index is 0.00317. The van der Waals surface area contributed by atoms with Crippen molar-refractivity contribution in [2.75, 3.05) is 65.2 Å². The first-order valence-electron chi connectivity index (χ1n) is 28.1. The number of phosphoric acid groups is 3. The van der Waals surface area contributed by atoms with E-state index in [1.807, 2.05) is 0 Å². The van der Waals surface area contributed by atoms with Gasteiger partial charge < -0.3 is 109 Å². The largest absolute Gasteiger partial charge is 0.790 e. The number of anilines is 1. The van der Waals surface area contributed by atoms with Crippen LogP contribution in [0.3, 0.4) is 0 Å². The molecule has 0 spiro atoms. The van der Waals surface area contributed by atoms with Crippen LogP contribution in [0.5, 0.6) is 34.5 Å². The number of ether oxygens (including phenoxy) is 4. The van der Waals surface area contributed by atoms with E-state index in [4.69, 9.17) is 29.8 Å². The number of nitrogens with zero attached hydrogens (tertiary/aromatic N) is 4. The SMILES string of the molecule is CC(C)(COP(=O)([O-])OP(=O)([O-])OCC1OC(n2cnc3c(N)ncnc32)C(O)C1OP(=O)([O-])[O-])C(O)C(=O)NCCC(=O)NCCSC(=O)/C=C/c1ccc(O)cc1.COc1cc(/C=C/CO)ccc1O.COc1cc(/C=C/COC(=O)/C=C/c2ccc(O)cc2)ccc1O. The number of phenols is 4. The molecule has 96 heavy (non-hydrogen) atoms. The summed E-state index contributed by atoms with van der Waals surface area (Å²) < 4.78 is 75.5. The average molecular weight is 1420 g/mol. The van der Waals surface area contributed by atoms with Crippen LogP contribution in [0.4, 0.5) is 5.82 Å². The van der Waals surface area contributed by atoms with Crippen LogP contribution in [0.15, 0.2) is 122 Å². The molecule has 0 bridgehead atoms. The van der Waals surface area contributed by atoms with Crippen molar-refractivity contribution in [2.24, 2.45) is 5.41 Å². The molecule has 7 unspecified atom stereocenters. The lowest BCUT2D eigenvalue weighted by molar-refractivity contribution is -0.347. The maximum Gasteiger partial charge on any atom is 0.331 e. The fourth-order valence-electron chi connectivity index (χ4n) is 7.95. The summed E-state index contributed by atoms with van der Waals surface area (Å²) in [5.74, 6) is -0.582. The molecule has 11 N–H and O–H groups in total. The van der Waals surface area contributed by atoms with Gasteiger partial charge in [-0.05, 0) is 89.0 Å². The Balaban J connectivity index is 0.000000363. The highest BCUT2D eigenvalue weighted by molar-refractivity contribution is 8.14. The van der Waals surface area contributed by atoms with E-state index in [9.17, 15) is 83.1 Å². The van der Waals surface area contributed by atoms with E-state index in [1.165, 1.54) is 58.4 Å². The lowest BCUT2D eigenvalue weighted by Gasteiger charge is -2.36. The summed E-state index contributed by atoms with van der Waals surface area (Å²) in [6.07, 6.45) is 4.97. The minimum atomic E-state index is -5.93. The van der Waals surface area contributed by atoms with Crippen molar-refractivity contribution in [1.82, 2.24) is 30.2 Å². The van der Waals surface area contributed by atoms with E-state index < -0.39 is 90.5 Å². The number of thioether (sulfide) groups is 1. The molecule has 0 radical (unpaired) electrons. The number of nitrogens with two attached hydrogens (primary N) is 1. The molecule has 1 aliphatic heterocycles. The fraction of sp³-hybridized carbons (Fsp3) is 0.305. The predicted octanol–water partition coefficient (Wildman–Crippen LogP) is 2.34. The molecule has 6 aromatic rings. The highest BCUT2D eigenvalue weighted by Gasteiger charge is 2.47. The summed E-state index contributed by atoms with van der Waals surface area (Å²) in [5, 5.41) is 71.7. The Hall–Kier alpha value is -8.37. The number of phenolic OH excluding ortho intramolecular Hbond substituents is 4. The summed E-state index contributed by atoms with van der Waals surface area (Å²) in [6, 6.07) is 22.6. The lowest BCUT2D eigenvalue weighted by Crippen LogP contribution is -2.46. The number of aliphatic hydroxyl groups is 3. The van der Waals surface area contributed by atoms with Gasteiger partial charge in [0, 0.05) is 36.8 Å². The maximum absolute atomic E-state index is 12.6. The molecule has 3 heterocycles. The zero-order chi connectivity index (χ0) is 70.8. The number of imidazole rings is 1. The summed E-state index contributed by atoms with van der Waals surface area (Å²) in [4.78, 5) is 108. The molecule has 7 atom stereocenters. The number of methoxy groups -OCH3 is 2. The zero-order valence-corrected chi connectivity index (χ0v) is 54.9. The monoisotopic (exact) mass is 1420 g/mol. The van der Waals surface area contributed by atoms with Gasteiger partial charge in [0.15, 0.2) is 40.7 Å². The molecule has 0 aliphatic carbocycles. The quantitative estimate of drug-likeness (QED) is 0.0134. The standard InChI is InChI=1S/C30H42N7O18P3S.C19H18O5.C10H12O3/c1-30(2,25(42)28(43)33-10-9-20(39)32-11-12-59-21(40)8-5-17-3-6-18(38)7-4-17)14-52-58(49,50)55-57(47,48)51-13-19-24(54-56(44,45)46)23(41)29(53-19)37-16-36-22-26(31)34-15-35-27(22)37;1-23-18-13-15(6-10-17(18)21)3-2-12-24-19(22)11-7-14-4-8-16(20)9-5-14;1-13-10-7-8(3-2-6-11)4-5-9(10)12/h3-8,15-16,19,23-25,29,38,41-42H,9-14H2,1-2H3,(H,32,39)(H,33,43)(H,47,48)(H,49,50)(H2,31,34,35)(H2,44,45,46);2-11,13,20-21H,12H2,1H3;2-5,7,11-12H,6H2,1H3/p-4/b8-5+;3-2+,11-7+;3-2+. The molecule has 7 rings (SSSR count). The van der Waals surface area contributed by atoms with Crippen LogP contribution in [0.1, 0.15) is 48.8 Å². The summed E-state index contributed by atoms with van der Waals surface area (Å²) >= 11 is 0.945. The predicted molar refractivity (Wildman–Crippen MR) is 338 cm³/mol. The van der Waals surface area contributed by atoms with Gasteiger partial charge in [0.05, 0.1) is 48.2 Å². The molecule has 2 aromatic heterocycles. The Morgan fingerprint density at radius 1 is 0.760 bits per heavy atom. The van der Waals surface area contributed by atoms with Crippen LogP contribution >= 0.6 is 35.2 Å². The van der Waals surface area contributed by atoms with Crippen molar-refractivity contribution in [1.29, 1.82) is 0 Å². The first-order valence-corrected chi connectivity index (χ1v) is 33.5. The van der Waals surface area contributed by atoms with Gasteiger partial charge in [0.2, 0.25) is 16.9 Å². The highest BCUT2D eigenvalue weighted by atomic mass is 32.2. The second-order valence-electron chi connectivity index (χ2n) is 20.5. The Kier molecular flexibility index (Phi) is 30.4. The number of esters is 1. The number of carbonyl (C=O) groups is 4. The number of aromatic nitrogens is 4. The van der Waals surface area contributed by atoms with Gasteiger partial charge in [-0.15, -0.1) is 0 Å². The van der Waals surface area contributed by atoms with Gasteiger partial charge in [-0.2, -0.15) is 0 Å². The van der Waals surface area contributed by atoms with E-state index in [2.05, 4.69) is 43.5 Å². The van der Waals surface area contributed by atoms with Crippen molar-refractivity contribution in [3.8, 4) is 34.5 Å². The summed E-state index contributed by atoms with van der Waals surface area (Å²) in [5.41, 5.74) is 7.22. The Labute approximate surface area is 552 Å². The topological polar surface area (TPSA) is 521 Å². The Morgan fingerprint density at radius 3 is 1.90 bits per heavy atom. The number of carbonyl (C=O) groups excluding carboxylic acids is 4. The fourth-order valence-corrected chi connectivity index (χ4v) is 11.3. The number of nitrogens with one attached hydrogen (secondary N) is 2. The lowest BCUT2D eigenvalue weighted by atomic mass is 9.87. The number of aromatic hydroxyl groups is 4. The number of benzene rings is 4. The number of fused-ring (bicyclic) bond motifs is 1. The molecular formula is C59H68N7O26P3S-4. The molecule has 1 aliphatic rings. The number of rotatable bonds is 30. The van der Waals surface area contributed by atoms with E-state index >= 15 is 0 Å². The van der Waals surface area contributed by atoms with Crippen molar-refractivity contribution >= 4 is 99.4 Å². The molecule has 1 saturated heterocycles. The van der Waals surface area contributed by atoms with Crippen molar-refractivity contribution in [3.05, 3.63) is 144 Å². The van der Waals surface area contributed by atoms with E-state index in [-0.39, 0.29) is 83.6 Å². The molecule has 2 amide bonds. The van der Waals surface area contributed by atoms with Crippen LogP contribution < -0.4 is 45.4 Å². The smallest absolute Gasteiger partial charge is 0.331 e. The average Bonchev–Trinajstić information content (AvgIpc) is 1.62. The molecular weight excluding hydrogens is 1350 g/mol. The molecule has 33 nitrogen and oxygen atoms in total. The van der Waals surface area contributed by atoms with E-state index in [1.54, 1.807) is 103 Å². The van der Waals surface area contributed by atoms with Crippen LogP contribution in [-0.2, 0) is 60.2 Å². The zero-order valence-electron chi connectivity index (χ0n) is 51.4. The third-order valence-electron chi connectivity index (χ3n) is 12.8. The Morgan fingerprint density at radius 2 is 1.32 bits per heavy atom. The molecule has 4 aromatic carbocycles. The van der Waals surface area contributed by atoms with Gasteiger partial charge >= 0.3 is 5.97 Å². The first kappa shape index (κ1) is 78.3. The number of hydrogen-bond acceptors (Lipinski definition) is 31. The normalized spacial score (nSPS) is 17.2. The van der Waals surface area contributed by atoms with Crippen LogP contribution in [0.2, 0.25) is 0 Å². The van der Waals surface area contributed by atoms with Gasteiger partial charge in [-0.25, -0.2) is 24.1 Å². The van der Waals surface area contributed by atoms with Gasteiger partial charge in [0.1, 0.15) is 54.4 Å². The number of aliphatic hydroxyl groups excluding tert-OH is 3. The molecule has 0 saturated carbocycles. The van der Waals surface area contributed by atoms with Crippen LogP contribution in [0, 0.1) is 5.41 Å². The van der Waals surface area contributed by atoms with Gasteiger partial charge in [-0.1, -0.05) is 86.3 Å². The number of hydrogen-bond donors (Lipinski definition) is 10. The van der Waals surface area contributed by atoms with Crippen molar-refractivity contribution in [2.45, 2.75) is 50.9 Å². The van der Waals surface area contributed by atoms with E-state index in [0.29, 0.717) is 17.1 Å². The van der Waals surface area contributed by atoms with Crippen molar-refractivity contribution in [3.63, 3.8) is 0 Å². The van der Waals surface area contributed by atoms with Crippen LogP contribution in [0.25, 0.3) is 35.5 Å². The van der Waals surface area contributed by atoms with Gasteiger partial charge in [0.25, 0.3) is 15.6 Å². The molecule has 520 valence electrons. The third-order valence-corrected chi connectivity index (χ3v) is 16.6. The third kappa shape index (κ3) is 26.3. The summed E-state index contributed by atoms with van der Waals surface area (Å²) in [6.45, 7) is 0.0756. The summed E-state index contributed by atoms with van der Waals surface area (Å²) in [7, 11) is -14.7.